The van der Waals surface area contributed by atoms with Crippen LogP contribution in [0.4, 0.5) is 0 Å². The van der Waals surface area contributed by atoms with Crippen LogP contribution in [0.15, 0.2) is 29.4 Å². The first-order valence-corrected chi connectivity index (χ1v) is 6.76. The lowest BCUT2D eigenvalue weighted by Gasteiger charge is -2.06. The SMILES string of the molecule is Cc1ccc(CC(C)C=NOC(=O)CC(C)C)cc1. The molecule has 0 aliphatic heterocycles. The number of carbonyl (C=O) groups is 1. The summed E-state index contributed by atoms with van der Waals surface area (Å²) in [5.41, 5.74) is 2.52. The van der Waals surface area contributed by atoms with E-state index in [4.69, 9.17) is 4.84 Å². The van der Waals surface area contributed by atoms with Crippen LogP contribution in [-0.4, -0.2) is 12.2 Å². The second-order valence-electron chi connectivity index (χ2n) is 5.48. The summed E-state index contributed by atoms with van der Waals surface area (Å²) >= 11 is 0. The maximum Gasteiger partial charge on any atom is 0.335 e. The Labute approximate surface area is 115 Å². The third-order valence-corrected chi connectivity index (χ3v) is 2.72. The summed E-state index contributed by atoms with van der Waals surface area (Å²) < 4.78 is 0. The topological polar surface area (TPSA) is 38.7 Å². The molecule has 0 spiro atoms. The molecule has 0 aromatic heterocycles. The maximum atomic E-state index is 11.3. The van der Waals surface area contributed by atoms with Gasteiger partial charge < -0.3 is 4.84 Å². The Balaban J connectivity index is 2.36. The molecule has 0 aliphatic rings. The summed E-state index contributed by atoms with van der Waals surface area (Å²) in [6, 6.07) is 8.43. The van der Waals surface area contributed by atoms with Gasteiger partial charge in [-0.25, -0.2) is 4.79 Å². The van der Waals surface area contributed by atoms with Gasteiger partial charge in [-0.3, -0.25) is 0 Å². The molecule has 0 fully saturated rings. The fourth-order valence-corrected chi connectivity index (χ4v) is 1.71. The number of hydrogen-bond acceptors (Lipinski definition) is 3. The predicted octanol–water partition coefficient (Wildman–Crippen LogP) is 3.75. The molecule has 1 unspecified atom stereocenters. The predicted molar refractivity (Wildman–Crippen MR) is 78.1 cm³/mol. The average molecular weight is 261 g/mol. The Hall–Kier alpha value is -1.64. The quantitative estimate of drug-likeness (QED) is 0.444. The number of oxime groups is 1. The number of carbonyl (C=O) groups excluding carboxylic acids is 1. The van der Waals surface area contributed by atoms with Crippen molar-refractivity contribution in [2.45, 2.75) is 40.5 Å². The Bertz CT molecular complexity index is 421. The largest absolute Gasteiger partial charge is 0.335 e. The van der Waals surface area contributed by atoms with Gasteiger partial charge in [0.2, 0.25) is 0 Å². The maximum absolute atomic E-state index is 11.3. The molecule has 0 bridgehead atoms. The van der Waals surface area contributed by atoms with E-state index in [2.05, 4.69) is 43.3 Å². The van der Waals surface area contributed by atoms with E-state index in [9.17, 15) is 4.79 Å². The van der Waals surface area contributed by atoms with Crippen LogP contribution in [0.3, 0.4) is 0 Å². The van der Waals surface area contributed by atoms with Gasteiger partial charge in [-0.1, -0.05) is 55.8 Å². The minimum absolute atomic E-state index is 0.245. The van der Waals surface area contributed by atoms with E-state index in [-0.39, 0.29) is 11.9 Å². The van der Waals surface area contributed by atoms with Gasteiger partial charge in [-0.05, 0) is 30.7 Å². The van der Waals surface area contributed by atoms with E-state index < -0.39 is 0 Å². The van der Waals surface area contributed by atoms with Crippen LogP contribution in [0.2, 0.25) is 0 Å². The molecule has 3 heteroatoms. The number of nitrogens with zero attached hydrogens (tertiary/aromatic N) is 1. The van der Waals surface area contributed by atoms with Crippen LogP contribution < -0.4 is 0 Å². The first-order valence-electron chi connectivity index (χ1n) is 6.76. The Morgan fingerprint density at radius 3 is 2.47 bits per heavy atom. The summed E-state index contributed by atoms with van der Waals surface area (Å²) in [5.74, 6) is 0.274. The van der Waals surface area contributed by atoms with Crippen LogP contribution in [0.5, 0.6) is 0 Å². The third-order valence-electron chi connectivity index (χ3n) is 2.72. The summed E-state index contributed by atoms with van der Waals surface area (Å²) in [5, 5.41) is 3.76. The highest BCUT2D eigenvalue weighted by Crippen LogP contribution is 2.09. The van der Waals surface area contributed by atoms with Crippen molar-refractivity contribution < 1.29 is 9.63 Å². The number of hydrogen-bond donors (Lipinski definition) is 0. The highest BCUT2D eigenvalue weighted by Gasteiger charge is 2.06. The van der Waals surface area contributed by atoms with E-state index in [0.717, 1.165) is 6.42 Å². The van der Waals surface area contributed by atoms with Gasteiger partial charge in [-0.2, -0.15) is 0 Å². The average Bonchev–Trinajstić information content (AvgIpc) is 2.31. The summed E-state index contributed by atoms with van der Waals surface area (Å²) in [6.45, 7) is 8.08. The van der Waals surface area contributed by atoms with E-state index in [0.29, 0.717) is 12.3 Å². The Morgan fingerprint density at radius 2 is 1.89 bits per heavy atom. The first-order chi connectivity index (χ1) is 8.97. The molecular formula is C16H23NO2. The normalized spacial score (nSPS) is 12.9. The summed E-state index contributed by atoms with van der Waals surface area (Å²) in [6.07, 6.45) is 2.99. The van der Waals surface area contributed by atoms with Crippen LogP contribution in [0.25, 0.3) is 0 Å². The monoisotopic (exact) mass is 261 g/mol. The van der Waals surface area contributed by atoms with Gasteiger partial charge in [-0.15, -0.1) is 0 Å². The zero-order valence-electron chi connectivity index (χ0n) is 12.2. The zero-order valence-corrected chi connectivity index (χ0v) is 12.2. The second kappa shape index (κ2) is 7.72. The van der Waals surface area contributed by atoms with Crippen molar-refractivity contribution in [2.24, 2.45) is 17.0 Å². The molecule has 0 radical (unpaired) electrons. The van der Waals surface area contributed by atoms with Gasteiger partial charge in [0.05, 0.1) is 6.42 Å². The van der Waals surface area contributed by atoms with Gasteiger partial charge >= 0.3 is 5.97 Å². The van der Waals surface area contributed by atoms with E-state index in [1.165, 1.54) is 11.1 Å². The van der Waals surface area contributed by atoms with Crippen molar-refractivity contribution in [1.29, 1.82) is 0 Å². The lowest BCUT2D eigenvalue weighted by atomic mass is 10.0. The number of rotatable bonds is 6. The molecule has 0 amide bonds. The minimum Gasteiger partial charge on any atom is -0.319 e. The molecule has 0 saturated heterocycles. The molecule has 1 rings (SSSR count). The molecule has 0 heterocycles. The van der Waals surface area contributed by atoms with Gasteiger partial charge in [0, 0.05) is 6.21 Å². The van der Waals surface area contributed by atoms with E-state index >= 15 is 0 Å². The second-order valence-corrected chi connectivity index (χ2v) is 5.48. The standard InChI is InChI=1S/C16H23NO2/c1-12(2)9-16(18)19-17-11-14(4)10-15-7-5-13(3)6-8-15/h5-8,11-12,14H,9-10H2,1-4H3. The highest BCUT2D eigenvalue weighted by atomic mass is 16.7. The van der Waals surface area contributed by atoms with Gasteiger partial charge in [0.25, 0.3) is 0 Å². The molecule has 1 aromatic rings. The lowest BCUT2D eigenvalue weighted by molar-refractivity contribution is -0.144. The zero-order chi connectivity index (χ0) is 14.3. The number of aryl methyl sites for hydroxylation is 1. The molecule has 104 valence electrons. The molecule has 0 aliphatic carbocycles. The smallest absolute Gasteiger partial charge is 0.319 e. The van der Waals surface area contributed by atoms with Crippen molar-refractivity contribution in [2.75, 3.05) is 0 Å². The third kappa shape index (κ3) is 6.75. The highest BCUT2D eigenvalue weighted by molar-refractivity contribution is 5.70. The molecule has 3 nitrogen and oxygen atoms in total. The van der Waals surface area contributed by atoms with Crippen LogP contribution >= 0.6 is 0 Å². The summed E-state index contributed by atoms with van der Waals surface area (Å²) in [7, 11) is 0. The van der Waals surface area contributed by atoms with Crippen LogP contribution in [-0.2, 0) is 16.1 Å². The van der Waals surface area contributed by atoms with E-state index in [1.54, 1.807) is 6.21 Å². The van der Waals surface area contributed by atoms with Crippen LogP contribution in [0, 0.1) is 18.8 Å². The first kappa shape index (κ1) is 15.4. The van der Waals surface area contributed by atoms with Crippen molar-refractivity contribution in [3.05, 3.63) is 35.4 Å². The minimum atomic E-state index is -0.270. The fourth-order valence-electron chi connectivity index (χ4n) is 1.71. The van der Waals surface area contributed by atoms with Gasteiger partial charge in [0.15, 0.2) is 0 Å². The molecule has 0 saturated carbocycles. The summed E-state index contributed by atoms with van der Waals surface area (Å²) in [4.78, 5) is 16.1. The number of benzene rings is 1. The molecule has 0 N–H and O–H groups in total. The van der Waals surface area contributed by atoms with E-state index in [1.807, 2.05) is 13.8 Å². The fraction of sp³-hybridized carbons (Fsp3) is 0.500. The van der Waals surface area contributed by atoms with Crippen molar-refractivity contribution in [1.82, 2.24) is 0 Å². The van der Waals surface area contributed by atoms with Crippen molar-refractivity contribution >= 4 is 12.2 Å². The van der Waals surface area contributed by atoms with Crippen molar-refractivity contribution in [3.8, 4) is 0 Å². The molecule has 1 aromatic carbocycles. The van der Waals surface area contributed by atoms with Gasteiger partial charge in [0.1, 0.15) is 0 Å². The van der Waals surface area contributed by atoms with Crippen LogP contribution in [0.1, 0.15) is 38.3 Å². The molecule has 19 heavy (non-hydrogen) atoms. The molecular weight excluding hydrogens is 238 g/mol. The Kier molecular flexibility index (Phi) is 6.26. The van der Waals surface area contributed by atoms with Crippen molar-refractivity contribution in [3.63, 3.8) is 0 Å². The Morgan fingerprint density at radius 1 is 1.26 bits per heavy atom. The lowest BCUT2D eigenvalue weighted by Crippen LogP contribution is -2.06. The molecule has 1 atom stereocenters.